The SMILES string of the molecule is CC(=O)O[C@H]1[C@@H](OC(=O)c2ccccc2)[C@]2(C)C=C3[C@@H](OC(=O)c4ccccc4)[C@H](C)C[C@]3(OC(C)=O)[C@@H](OC(C)=O)[C@H](C)C=CC(C)(C)[C@@]1(O)O2. The Balaban J connectivity index is 1.82. The zero-order valence-electron chi connectivity index (χ0n) is 30.6. The maximum Gasteiger partial charge on any atom is 0.338 e. The molecule has 1 aliphatic carbocycles. The Morgan fingerprint density at radius 2 is 1.23 bits per heavy atom. The molecular formula is C40H46O12. The van der Waals surface area contributed by atoms with E-state index in [1.54, 1.807) is 101 Å². The second-order valence-corrected chi connectivity index (χ2v) is 14.6. The molecule has 52 heavy (non-hydrogen) atoms. The molecule has 2 heterocycles. The monoisotopic (exact) mass is 718 g/mol. The van der Waals surface area contributed by atoms with E-state index in [0.717, 1.165) is 6.92 Å². The number of carbonyl (C=O) groups is 5. The summed E-state index contributed by atoms with van der Waals surface area (Å²) in [5.41, 5.74) is -4.38. The molecule has 2 aliphatic heterocycles. The third-order valence-electron chi connectivity index (χ3n) is 10.1. The van der Waals surface area contributed by atoms with Gasteiger partial charge in [0.1, 0.15) is 11.7 Å². The minimum Gasteiger partial charge on any atom is -0.457 e. The molecule has 1 saturated heterocycles. The van der Waals surface area contributed by atoms with Gasteiger partial charge in [-0.3, -0.25) is 14.4 Å². The average molecular weight is 719 g/mol. The van der Waals surface area contributed by atoms with Gasteiger partial charge in [-0.25, -0.2) is 9.59 Å². The third-order valence-corrected chi connectivity index (χ3v) is 10.1. The molecule has 0 aromatic heterocycles. The molecule has 2 aromatic carbocycles. The number of esters is 5. The lowest BCUT2D eigenvalue weighted by molar-refractivity contribution is -0.285. The van der Waals surface area contributed by atoms with Crippen LogP contribution in [0.1, 0.15) is 82.5 Å². The summed E-state index contributed by atoms with van der Waals surface area (Å²) in [4.78, 5) is 65.9. The first kappa shape index (κ1) is 38.4. The molecule has 9 atom stereocenters. The van der Waals surface area contributed by atoms with Crippen LogP contribution < -0.4 is 0 Å². The maximum atomic E-state index is 13.7. The van der Waals surface area contributed by atoms with Crippen LogP contribution in [0.3, 0.4) is 0 Å². The quantitative estimate of drug-likeness (QED) is 0.225. The van der Waals surface area contributed by atoms with E-state index < -0.39 is 88.5 Å². The summed E-state index contributed by atoms with van der Waals surface area (Å²) in [6.07, 6.45) is -0.550. The van der Waals surface area contributed by atoms with Gasteiger partial charge < -0.3 is 33.5 Å². The molecule has 2 bridgehead atoms. The van der Waals surface area contributed by atoms with Crippen LogP contribution in [0.25, 0.3) is 0 Å². The molecule has 2 aromatic rings. The molecule has 0 radical (unpaired) electrons. The second kappa shape index (κ2) is 14.3. The molecule has 1 saturated carbocycles. The minimum atomic E-state index is -2.34. The molecule has 2 fully saturated rings. The Morgan fingerprint density at radius 3 is 1.75 bits per heavy atom. The predicted molar refractivity (Wildman–Crippen MR) is 185 cm³/mol. The Hall–Kier alpha value is -4.81. The molecule has 12 heteroatoms. The first-order valence-electron chi connectivity index (χ1n) is 17.2. The summed E-state index contributed by atoms with van der Waals surface area (Å²) in [5, 5.41) is 12.6. The van der Waals surface area contributed by atoms with Crippen LogP contribution in [-0.4, -0.2) is 76.4 Å². The van der Waals surface area contributed by atoms with E-state index >= 15 is 0 Å². The molecular weight excluding hydrogens is 672 g/mol. The number of fused-ring (bicyclic) bond motifs is 3. The highest BCUT2D eigenvalue weighted by Gasteiger charge is 2.70. The highest BCUT2D eigenvalue weighted by atomic mass is 16.7. The zero-order chi connectivity index (χ0) is 38.2. The summed E-state index contributed by atoms with van der Waals surface area (Å²) >= 11 is 0. The molecule has 0 amide bonds. The van der Waals surface area contributed by atoms with Crippen molar-refractivity contribution in [2.45, 2.75) is 103 Å². The Morgan fingerprint density at radius 1 is 0.712 bits per heavy atom. The van der Waals surface area contributed by atoms with Crippen LogP contribution in [-0.2, 0) is 42.8 Å². The van der Waals surface area contributed by atoms with Crippen molar-refractivity contribution in [2.24, 2.45) is 17.3 Å². The Kier molecular flexibility index (Phi) is 10.6. The molecule has 0 spiro atoms. The summed E-state index contributed by atoms with van der Waals surface area (Å²) < 4.78 is 37.0. The van der Waals surface area contributed by atoms with E-state index in [1.807, 2.05) is 0 Å². The lowest BCUT2D eigenvalue weighted by atomic mass is 9.75. The number of rotatable bonds is 7. The molecule has 12 nitrogen and oxygen atoms in total. The van der Waals surface area contributed by atoms with Crippen molar-refractivity contribution in [3.8, 4) is 0 Å². The number of benzene rings is 2. The van der Waals surface area contributed by atoms with Crippen LogP contribution in [0.15, 0.2) is 84.5 Å². The van der Waals surface area contributed by atoms with Gasteiger partial charge in [-0.1, -0.05) is 76.2 Å². The van der Waals surface area contributed by atoms with Gasteiger partial charge in [0.05, 0.1) is 11.1 Å². The number of ether oxygens (including phenoxy) is 6. The zero-order valence-corrected chi connectivity index (χ0v) is 30.6. The second-order valence-electron chi connectivity index (χ2n) is 14.6. The van der Waals surface area contributed by atoms with Gasteiger partial charge in [-0.05, 0) is 37.3 Å². The van der Waals surface area contributed by atoms with E-state index in [1.165, 1.54) is 26.8 Å². The van der Waals surface area contributed by atoms with Gasteiger partial charge in [0, 0.05) is 50.0 Å². The number of aliphatic hydroxyl groups is 1. The summed E-state index contributed by atoms with van der Waals surface area (Å²) in [5.74, 6) is -7.18. The Bertz CT molecular complexity index is 1770. The standard InChI is InChI=1S/C40H46O12/c1-23-19-20-37(6,7)40(46)34(48-26(4)42)33(50-36(45)29-17-13-10-14-18-29)38(8,52-40)22-30-31(49-35(44)28-15-11-9-12-16-28)24(2)21-39(30,51-27(5)43)32(23)47-25(3)41/h9-20,22-24,31-34,46H,21H2,1-8H3/t23-,24-,31+,32+,33-,34+,38+,39-,40+/m1/s1. The highest BCUT2D eigenvalue weighted by molar-refractivity contribution is 5.90. The van der Waals surface area contributed by atoms with Crippen LogP contribution in [0.2, 0.25) is 0 Å². The number of hydrogen-bond donors (Lipinski definition) is 1. The first-order valence-corrected chi connectivity index (χ1v) is 17.2. The summed E-state index contributed by atoms with van der Waals surface area (Å²) in [6.45, 7) is 12.0. The van der Waals surface area contributed by atoms with Crippen molar-refractivity contribution in [3.63, 3.8) is 0 Å². The topological polar surface area (TPSA) is 161 Å². The van der Waals surface area contributed by atoms with Gasteiger partial charge in [-0.15, -0.1) is 0 Å². The largest absolute Gasteiger partial charge is 0.457 e. The fourth-order valence-electron chi connectivity index (χ4n) is 7.64. The first-order chi connectivity index (χ1) is 24.3. The average Bonchev–Trinajstić information content (AvgIpc) is 3.44. The fraction of sp³-hybridized carbons (Fsp3) is 0.475. The van der Waals surface area contributed by atoms with E-state index in [9.17, 15) is 29.1 Å². The highest BCUT2D eigenvalue weighted by Crippen LogP contribution is 2.55. The molecule has 1 N–H and O–H groups in total. The van der Waals surface area contributed by atoms with Crippen molar-refractivity contribution in [3.05, 3.63) is 95.6 Å². The van der Waals surface area contributed by atoms with E-state index in [2.05, 4.69) is 0 Å². The molecule has 5 rings (SSSR count). The van der Waals surface area contributed by atoms with E-state index in [4.69, 9.17) is 28.4 Å². The summed E-state index contributed by atoms with van der Waals surface area (Å²) in [7, 11) is 0. The van der Waals surface area contributed by atoms with Gasteiger partial charge >= 0.3 is 29.8 Å². The number of carbonyl (C=O) groups excluding carboxylic acids is 5. The summed E-state index contributed by atoms with van der Waals surface area (Å²) in [6, 6.07) is 16.4. The minimum absolute atomic E-state index is 0.0346. The Labute approximate surface area is 303 Å². The van der Waals surface area contributed by atoms with Crippen molar-refractivity contribution >= 4 is 29.8 Å². The van der Waals surface area contributed by atoms with Gasteiger partial charge in [0.25, 0.3) is 0 Å². The van der Waals surface area contributed by atoms with Crippen molar-refractivity contribution in [1.29, 1.82) is 0 Å². The molecule has 3 aliphatic rings. The molecule has 0 unspecified atom stereocenters. The van der Waals surface area contributed by atoms with Crippen molar-refractivity contribution in [2.75, 3.05) is 0 Å². The van der Waals surface area contributed by atoms with E-state index in [0.29, 0.717) is 0 Å². The third kappa shape index (κ3) is 7.14. The van der Waals surface area contributed by atoms with Crippen LogP contribution in [0.4, 0.5) is 0 Å². The maximum absolute atomic E-state index is 13.7. The van der Waals surface area contributed by atoms with Gasteiger partial charge in [0.15, 0.2) is 23.9 Å². The van der Waals surface area contributed by atoms with E-state index in [-0.39, 0.29) is 23.1 Å². The molecule has 278 valence electrons. The number of hydrogen-bond acceptors (Lipinski definition) is 12. The van der Waals surface area contributed by atoms with Gasteiger partial charge in [-0.2, -0.15) is 0 Å². The van der Waals surface area contributed by atoms with Crippen molar-refractivity contribution < 1.29 is 57.5 Å². The normalized spacial score (nSPS) is 33.4. The van der Waals surface area contributed by atoms with Gasteiger partial charge in [0.2, 0.25) is 5.79 Å². The van der Waals surface area contributed by atoms with Crippen molar-refractivity contribution in [1.82, 2.24) is 0 Å². The predicted octanol–water partition coefficient (Wildman–Crippen LogP) is 5.28. The van der Waals surface area contributed by atoms with Crippen LogP contribution in [0, 0.1) is 17.3 Å². The van der Waals surface area contributed by atoms with Crippen LogP contribution in [0.5, 0.6) is 0 Å². The lowest BCUT2D eigenvalue weighted by Crippen LogP contribution is -2.56. The fourth-order valence-corrected chi connectivity index (χ4v) is 7.64. The lowest BCUT2D eigenvalue weighted by Gasteiger charge is -2.41. The smallest absolute Gasteiger partial charge is 0.338 e. The van der Waals surface area contributed by atoms with Crippen LogP contribution >= 0.6 is 0 Å².